The lowest BCUT2D eigenvalue weighted by molar-refractivity contribution is 0.601. The SMILES string of the molecule is CCc1ccc(NS(=O)(=O)c2cnccc2NC)cc1. The molecule has 2 rings (SSSR count). The van der Waals surface area contributed by atoms with E-state index in [0.717, 1.165) is 12.0 Å². The van der Waals surface area contributed by atoms with Crippen LogP contribution in [0.3, 0.4) is 0 Å². The molecule has 0 aliphatic heterocycles. The molecule has 0 aliphatic carbocycles. The third-order valence-electron chi connectivity index (χ3n) is 2.96. The van der Waals surface area contributed by atoms with E-state index in [1.165, 1.54) is 6.20 Å². The maximum Gasteiger partial charge on any atom is 0.265 e. The van der Waals surface area contributed by atoms with E-state index < -0.39 is 10.0 Å². The highest BCUT2D eigenvalue weighted by Gasteiger charge is 2.18. The second-order valence-electron chi connectivity index (χ2n) is 4.28. The number of anilines is 2. The van der Waals surface area contributed by atoms with Crippen LogP contribution in [-0.2, 0) is 16.4 Å². The predicted molar refractivity (Wildman–Crippen MR) is 80.4 cm³/mol. The Morgan fingerprint density at radius 3 is 2.45 bits per heavy atom. The Bertz CT molecular complexity index is 682. The third kappa shape index (κ3) is 3.08. The van der Waals surface area contributed by atoms with Crippen molar-refractivity contribution in [1.29, 1.82) is 0 Å². The smallest absolute Gasteiger partial charge is 0.265 e. The predicted octanol–water partition coefficient (Wildman–Crippen LogP) is 2.49. The number of hydrogen-bond acceptors (Lipinski definition) is 4. The van der Waals surface area contributed by atoms with Gasteiger partial charge >= 0.3 is 0 Å². The van der Waals surface area contributed by atoms with Gasteiger partial charge in [-0.15, -0.1) is 0 Å². The van der Waals surface area contributed by atoms with Gasteiger partial charge in [0, 0.05) is 25.1 Å². The lowest BCUT2D eigenvalue weighted by Crippen LogP contribution is -2.15. The minimum atomic E-state index is -3.65. The number of aromatic nitrogens is 1. The molecule has 0 spiro atoms. The zero-order valence-electron chi connectivity index (χ0n) is 11.4. The summed E-state index contributed by atoms with van der Waals surface area (Å²) in [7, 11) is -1.98. The molecule has 0 bridgehead atoms. The van der Waals surface area contributed by atoms with Crippen molar-refractivity contribution in [1.82, 2.24) is 4.98 Å². The van der Waals surface area contributed by atoms with Crippen LogP contribution in [0.5, 0.6) is 0 Å². The van der Waals surface area contributed by atoms with E-state index in [-0.39, 0.29) is 4.90 Å². The van der Waals surface area contributed by atoms with Crippen LogP contribution in [0.15, 0.2) is 47.6 Å². The highest BCUT2D eigenvalue weighted by Crippen LogP contribution is 2.22. The molecule has 6 heteroatoms. The van der Waals surface area contributed by atoms with Crippen LogP contribution in [0, 0.1) is 0 Å². The standard InChI is InChI=1S/C14H17N3O2S/c1-3-11-4-6-12(7-5-11)17-20(18,19)14-10-16-9-8-13(14)15-2/h4-10,17H,3H2,1-2H3,(H,15,16). The van der Waals surface area contributed by atoms with E-state index in [1.54, 1.807) is 31.4 Å². The number of nitrogens with one attached hydrogen (secondary N) is 2. The van der Waals surface area contributed by atoms with E-state index in [0.29, 0.717) is 11.4 Å². The molecule has 0 unspecified atom stereocenters. The number of hydrogen-bond donors (Lipinski definition) is 2. The van der Waals surface area contributed by atoms with Crippen molar-refractivity contribution in [2.24, 2.45) is 0 Å². The van der Waals surface area contributed by atoms with Crippen molar-refractivity contribution < 1.29 is 8.42 Å². The number of pyridine rings is 1. The number of aryl methyl sites for hydroxylation is 1. The van der Waals surface area contributed by atoms with E-state index in [1.807, 2.05) is 19.1 Å². The van der Waals surface area contributed by atoms with Crippen LogP contribution in [0.25, 0.3) is 0 Å². The normalized spacial score (nSPS) is 11.1. The van der Waals surface area contributed by atoms with Crippen LogP contribution in [0.1, 0.15) is 12.5 Å². The summed E-state index contributed by atoms with van der Waals surface area (Å²) >= 11 is 0. The average molecular weight is 291 g/mol. The number of rotatable bonds is 5. The van der Waals surface area contributed by atoms with E-state index in [9.17, 15) is 8.42 Å². The molecule has 1 aromatic carbocycles. The van der Waals surface area contributed by atoms with Crippen molar-refractivity contribution in [3.63, 3.8) is 0 Å². The molecule has 0 radical (unpaired) electrons. The number of sulfonamides is 1. The fraction of sp³-hybridized carbons (Fsp3) is 0.214. The Balaban J connectivity index is 2.30. The average Bonchev–Trinajstić information content (AvgIpc) is 2.47. The molecule has 0 saturated heterocycles. The third-order valence-corrected chi connectivity index (χ3v) is 4.37. The van der Waals surface area contributed by atoms with Gasteiger partial charge in [-0.05, 0) is 30.2 Å². The van der Waals surface area contributed by atoms with Gasteiger partial charge in [0.25, 0.3) is 10.0 Å². The van der Waals surface area contributed by atoms with Gasteiger partial charge in [0.2, 0.25) is 0 Å². The molecule has 0 saturated carbocycles. The van der Waals surface area contributed by atoms with Crippen molar-refractivity contribution >= 4 is 21.4 Å². The van der Waals surface area contributed by atoms with Gasteiger partial charge in [-0.3, -0.25) is 9.71 Å². The minimum absolute atomic E-state index is 0.127. The first-order chi connectivity index (χ1) is 9.56. The Morgan fingerprint density at radius 2 is 1.85 bits per heavy atom. The first-order valence-corrected chi connectivity index (χ1v) is 7.78. The molecule has 0 atom stereocenters. The molecule has 106 valence electrons. The molecule has 5 nitrogen and oxygen atoms in total. The second kappa shape index (κ2) is 5.92. The van der Waals surface area contributed by atoms with Crippen molar-refractivity contribution in [2.75, 3.05) is 17.1 Å². The van der Waals surface area contributed by atoms with Crippen LogP contribution >= 0.6 is 0 Å². The zero-order valence-corrected chi connectivity index (χ0v) is 12.2. The molecule has 1 aromatic heterocycles. The molecule has 1 heterocycles. The number of benzene rings is 1. The molecule has 0 aliphatic rings. The summed E-state index contributed by atoms with van der Waals surface area (Å²) in [6.45, 7) is 2.05. The van der Waals surface area contributed by atoms with Crippen LogP contribution in [0.2, 0.25) is 0 Å². The van der Waals surface area contributed by atoms with E-state index >= 15 is 0 Å². The molecule has 20 heavy (non-hydrogen) atoms. The highest BCUT2D eigenvalue weighted by molar-refractivity contribution is 7.92. The molecule has 0 amide bonds. The fourth-order valence-corrected chi connectivity index (χ4v) is 3.03. The van der Waals surface area contributed by atoms with E-state index in [4.69, 9.17) is 0 Å². The maximum absolute atomic E-state index is 12.3. The summed E-state index contributed by atoms with van der Waals surface area (Å²) < 4.78 is 27.2. The lowest BCUT2D eigenvalue weighted by atomic mass is 10.2. The van der Waals surface area contributed by atoms with Gasteiger partial charge in [-0.2, -0.15) is 0 Å². The summed E-state index contributed by atoms with van der Waals surface area (Å²) in [4.78, 5) is 4.00. The highest BCUT2D eigenvalue weighted by atomic mass is 32.2. The molecular formula is C14H17N3O2S. The van der Waals surface area contributed by atoms with Crippen LogP contribution in [-0.4, -0.2) is 20.4 Å². The largest absolute Gasteiger partial charge is 0.387 e. The Hall–Kier alpha value is -2.08. The monoisotopic (exact) mass is 291 g/mol. The van der Waals surface area contributed by atoms with Gasteiger partial charge in [0.05, 0.1) is 5.69 Å². The summed E-state index contributed by atoms with van der Waals surface area (Å²) in [5.74, 6) is 0. The first-order valence-electron chi connectivity index (χ1n) is 6.30. The summed E-state index contributed by atoms with van der Waals surface area (Å²) in [5, 5.41) is 2.85. The van der Waals surface area contributed by atoms with Crippen LogP contribution < -0.4 is 10.0 Å². The molecule has 2 aromatic rings. The van der Waals surface area contributed by atoms with Gasteiger partial charge in [0.1, 0.15) is 4.90 Å². The molecular weight excluding hydrogens is 274 g/mol. The molecule has 0 fully saturated rings. The molecule has 2 N–H and O–H groups in total. The summed E-state index contributed by atoms with van der Waals surface area (Å²) in [6.07, 6.45) is 3.79. The minimum Gasteiger partial charge on any atom is -0.387 e. The fourth-order valence-electron chi connectivity index (χ4n) is 1.82. The Labute approximate surface area is 119 Å². The van der Waals surface area contributed by atoms with Gasteiger partial charge in [-0.25, -0.2) is 8.42 Å². The van der Waals surface area contributed by atoms with Gasteiger partial charge < -0.3 is 5.32 Å². The number of nitrogens with zero attached hydrogens (tertiary/aromatic N) is 1. The zero-order chi connectivity index (χ0) is 14.6. The van der Waals surface area contributed by atoms with Crippen LogP contribution in [0.4, 0.5) is 11.4 Å². The summed E-state index contributed by atoms with van der Waals surface area (Å²) in [5.41, 5.74) is 2.20. The Kier molecular flexibility index (Phi) is 4.24. The topological polar surface area (TPSA) is 71.1 Å². The van der Waals surface area contributed by atoms with Crippen molar-refractivity contribution in [2.45, 2.75) is 18.2 Å². The Morgan fingerprint density at radius 1 is 1.15 bits per heavy atom. The van der Waals surface area contributed by atoms with Gasteiger partial charge in [-0.1, -0.05) is 19.1 Å². The van der Waals surface area contributed by atoms with Crippen molar-refractivity contribution in [3.05, 3.63) is 48.3 Å². The quantitative estimate of drug-likeness (QED) is 0.888. The van der Waals surface area contributed by atoms with Crippen molar-refractivity contribution in [3.8, 4) is 0 Å². The van der Waals surface area contributed by atoms with Gasteiger partial charge in [0.15, 0.2) is 0 Å². The summed E-state index contributed by atoms with van der Waals surface area (Å²) in [6, 6.07) is 8.94. The first kappa shape index (κ1) is 14.3. The second-order valence-corrected chi connectivity index (χ2v) is 5.93. The van der Waals surface area contributed by atoms with E-state index in [2.05, 4.69) is 15.0 Å². The maximum atomic E-state index is 12.3. The lowest BCUT2D eigenvalue weighted by Gasteiger charge is -2.11.